The Morgan fingerprint density at radius 3 is 1.96 bits per heavy atom. The first-order valence-corrected chi connectivity index (χ1v) is 8.33. The molecular weight excluding hydrogens is 285 g/mol. The lowest BCUT2D eigenvalue weighted by Crippen LogP contribution is -2.28. The lowest BCUT2D eigenvalue weighted by Gasteiger charge is -2.23. The van der Waals surface area contributed by atoms with Crippen molar-refractivity contribution in [1.82, 2.24) is 4.90 Å². The fourth-order valence-corrected chi connectivity index (χ4v) is 2.57. The number of hydrogen-bond donors (Lipinski definition) is 0. The molecule has 1 aliphatic rings. The van der Waals surface area contributed by atoms with E-state index in [4.69, 9.17) is 12.6 Å². The van der Waals surface area contributed by atoms with Crippen LogP contribution in [0.1, 0.15) is 56.1 Å². The summed E-state index contributed by atoms with van der Waals surface area (Å²) >= 11 is 0. The van der Waals surface area contributed by atoms with Crippen LogP contribution in [0.15, 0.2) is 18.2 Å². The number of ether oxygens (including phenoxy) is 1. The highest BCUT2D eigenvalue weighted by Crippen LogP contribution is 2.20. The summed E-state index contributed by atoms with van der Waals surface area (Å²) in [6.45, 7) is 12.1. The van der Waals surface area contributed by atoms with Gasteiger partial charge in [-0.05, 0) is 73.2 Å². The minimum atomic E-state index is -0.715. The molecule has 0 bridgehead atoms. The molecule has 0 amide bonds. The Balaban J connectivity index is 0.000000366. The predicted molar refractivity (Wildman–Crippen MR) is 97.0 cm³/mol. The van der Waals surface area contributed by atoms with Gasteiger partial charge in [0.15, 0.2) is 0 Å². The van der Waals surface area contributed by atoms with Crippen molar-refractivity contribution >= 4 is 13.8 Å². The quantitative estimate of drug-likeness (QED) is 0.617. The first-order valence-electron chi connectivity index (χ1n) is 8.33. The normalized spacial score (nSPS) is 16.4. The van der Waals surface area contributed by atoms with E-state index in [9.17, 15) is 4.79 Å². The van der Waals surface area contributed by atoms with Gasteiger partial charge in [0.05, 0.1) is 7.85 Å². The van der Waals surface area contributed by atoms with E-state index in [1.165, 1.54) is 25.9 Å². The number of carbonyl (C=O) groups excluding carboxylic acids is 1. The van der Waals surface area contributed by atoms with Crippen LogP contribution in [0.4, 0.5) is 0 Å². The summed E-state index contributed by atoms with van der Waals surface area (Å²) in [4.78, 5) is 14.2. The maximum absolute atomic E-state index is 11.8. The number of nitrogens with zero attached hydrogens (tertiary/aromatic N) is 1. The van der Waals surface area contributed by atoms with Gasteiger partial charge in [0, 0.05) is 5.82 Å². The van der Waals surface area contributed by atoms with Crippen LogP contribution in [0.2, 0.25) is 0 Å². The molecule has 3 nitrogen and oxygen atoms in total. The highest BCUT2D eigenvalue weighted by molar-refractivity contribution is 6.23. The largest absolute Gasteiger partial charge is 0.460 e. The van der Waals surface area contributed by atoms with Gasteiger partial charge in [-0.3, -0.25) is 4.79 Å². The van der Waals surface area contributed by atoms with Crippen molar-refractivity contribution in [3.05, 3.63) is 34.9 Å². The summed E-state index contributed by atoms with van der Waals surface area (Å²) in [7, 11) is 8.08. The molecule has 0 unspecified atom stereocenters. The van der Waals surface area contributed by atoms with Crippen LogP contribution in [0.25, 0.3) is 0 Å². The van der Waals surface area contributed by atoms with Gasteiger partial charge in [-0.25, -0.2) is 0 Å². The van der Waals surface area contributed by atoms with E-state index in [1.54, 1.807) is 0 Å². The van der Waals surface area contributed by atoms with Crippen molar-refractivity contribution < 1.29 is 9.53 Å². The summed E-state index contributed by atoms with van der Waals surface area (Å²) < 4.78 is 5.27. The SMILES string of the molecule is CN1CCCC1.[B][C@@H](C(=O)OC(C)(C)C)c1cc(C)cc(C)c1. The summed E-state index contributed by atoms with van der Waals surface area (Å²) in [5.74, 6) is -1.10. The molecule has 0 aliphatic carbocycles. The van der Waals surface area contributed by atoms with Crippen LogP contribution >= 0.6 is 0 Å². The van der Waals surface area contributed by atoms with Gasteiger partial charge in [0.2, 0.25) is 0 Å². The minimum absolute atomic E-state index is 0.387. The van der Waals surface area contributed by atoms with Crippen molar-refractivity contribution in [2.75, 3.05) is 20.1 Å². The van der Waals surface area contributed by atoms with Gasteiger partial charge in [-0.1, -0.05) is 29.3 Å². The first kappa shape index (κ1) is 19.8. The Labute approximate surface area is 142 Å². The Morgan fingerprint density at radius 2 is 1.61 bits per heavy atom. The van der Waals surface area contributed by atoms with Gasteiger partial charge < -0.3 is 9.64 Å². The topological polar surface area (TPSA) is 29.5 Å². The third-order valence-corrected chi connectivity index (χ3v) is 3.59. The van der Waals surface area contributed by atoms with E-state index in [1.807, 2.05) is 52.8 Å². The predicted octanol–water partition coefficient (Wildman–Crippen LogP) is 3.57. The Morgan fingerprint density at radius 1 is 1.13 bits per heavy atom. The monoisotopic (exact) mass is 315 g/mol. The second kappa shape index (κ2) is 8.53. The zero-order valence-corrected chi connectivity index (χ0v) is 15.5. The van der Waals surface area contributed by atoms with E-state index in [2.05, 4.69) is 11.9 Å². The van der Waals surface area contributed by atoms with E-state index in [-0.39, 0.29) is 5.97 Å². The smallest absolute Gasteiger partial charge is 0.304 e. The molecule has 1 atom stereocenters. The van der Waals surface area contributed by atoms with E-state index < -0.39 is 11.4 Å². The number of esters is 1. The molecule has 1 saturated heterocycles. The third kappa shape index (κ3) is 7.69. The highest BCUT2D eigenvalue weighted by atomic mass is 16.6. The molecule has 1 aromatic rings. The maximum atomic E-state index is 11.8. The lowest BCUT2D eigenvalue weighted by atomic mass is 9.80. The summed E-state index contributed by atoms with van der Waals surface area (Å²) in [5.41, 5.74) is 2.49. The number of benzene rings is 1. The van der Waals surface area contributed by atoms with Crippen molar-refractivity contribution in [2.45, 2.75) is 58.9 Å². The Hall–Kier alpha value is -1.29. The molecular formula is C19H30BNO2. The number of rotatable bonds is 2. The molecule has 0 N–H and O–H groups in total. The molecule has 0 aromatic heterocycles. The standard InChI is InChI=1S/C14H19BO2.C5H11N/c1-9-6-10(2)8-11(7-9)12(15)13(16)17-14(3,4)5;1-6-4-2-3-5-6/h6-8,12H,1-5H3;2-5H2,1H3/t12-;/m1./s1. The molecule has 1 heterocycles. The highest BCUT2D eigenvalue weighted by Gasteiger charge is 2.22. The summed E-state index contributed by atoms with van der Waals surface area (Å²) in [6, 6.07) is 5.88. The molecule has 2 rings (SSSR count). The molecule has 2 radical (unpaired) electrons. The molecule has 0 saturated carbocycles. The van der Waals surface area contributed by atoms with Crippen LogP contribution in [0, 0.1) is 13.8 Å². The average Bonchev–Trinajstić information content (AvgIpc) is 2.86. The van der Waals surface area contributed by atoms with Gasteiger partial charge in [-0.2, -0.15) is 0 Å². The molecule has 23 heavy (non-hydrogen) atoms. The van der Waals surface area contributed by atoms with E-state index >= 15 is 0 Å². The summed E-state index contributed by atoms with van der Waals surface area (Å²) in [5, 5.41) is 0. The number of carbonyl (C=O) groups is 1. The van der Waals surface area contributed by atoms with Crippen LogP contribution in [-0.2, 0) is 9.53 Å². The molecule has 4 heteroatoms. The Bertz CT molecular complexity index is 496. The summed E-state index contributed by atoms with van der Waals surface area (Å²) in [6.07, 6.45) is 2.83. The molecule has 1 aromatic carbocycles. The lowest BCUT2D eigenvalue weighted by molar-refractivity contribution is -0.154. The van der Waals surface area contributed by atoms with Crippen LogP contribution in [0.5, 0.6) is 0 Å². The minimum Gasteiger partial charge on any atom is -0.460 e. The fourth-order valence-electron chi connectivity index (χ4n) is 2.57. The second-order valence-electron chi connectivity index (χ2n) is 7.44. The molecule has 126 valence electrons. The van der Waals surface area contributed by atoms with Gasteiger partial charge in [-0.15, -0.1) is 0 Å². The zero-order valence-electron chi connectivity index (χ0n) is 15.5. The van der Waals surface area contributed by atoms with Gasteiger partial charge >= 0.3 is 5.97 Å². The average molecular weight is 315 g/mol. The van der Waals surface area contributed by atoms with Gasteiger partial charge in [0.25, 0.3) is 0 Å². The second-order valence-corrected chi connectivity index (χ2v) is 7.44. The van der Waals surface area contributed by atoms with Crippen molar-refractivity contribution in [3.63, 3.8) is 0 Å². The van der Waals surface area contributed by atoms with Crippen molar-refractivity contribution in [1.29, 1.82) is 0 Å². The van der Waals surface area contributed by atoms with Crippen LogP contribution in [0.3, 0.4) is 0 Å². The zero-order chi connectivity index (χ0) is 17.6. The number of aryl methyl sites for hydroxylation is 2. The van der Waals surface area contributed by atoms with Crippen LogP contribution < -0.4 is 0 Å². The first-order chi connectivity index (χ1) is 10.6. The number of likely N-dealkylation sites (tertiary alicyclic amines) is 1. The Kier molecular flexibility index (Phi) is 7.33. The van der Waals surface area contributed by atoms with E-state index in [0.717, 1.165) is 16.7 Å². The molecule has 1 aliphatic heterocycles. The molecule has 0 spiro atoms. The van der Waals surface area contributed by atoms with Gasteiger partial charge in [0.1, 0.15) is 5.60 Å². The maximum Gasteiger partial charge on any atom is 0.304 e. The van der Waals surface area contributed by atoms with Crippen LogP contribution in [-0.4, -0.2) is 44.5 Å². The van der Waals surface area contributed by atoms with Crippen molar-refractivity contribution in [2.24, 2.45) is 0 Å². The number of hydrogen-bond acceptors (Lipinski definition) is 3. The fraction of sp³-hybridized carbons (Fsp3) is 0.632. The van der Waals surface area contributed by atoms with E-state index in [0.29, 0.717) is 0 Å². The van der Waals surface area contributed by atoms with Crippen molar-refractivity contribution in [3.8, 4) is 0 Å². The molecule has 1 fully saturated rings. The third-order valence-electron chi connectivity index (χ3n) is 3.59.